The Morgan fingerprint density at radius 2 is 2.05 bits per heavy atom. The number of nitrogens with one attached hydrogen (secondary N) is 1. The first kappa shape index (κ1) is 12.7. The van der Waals surface area contributed by atoms with E-state index in [4.69, 9.17) is 0 Å². The molecule has 1 aliphatic carbocycles. The predicted octanol–water partition coefficient (Wildman–Crippen LogP) is 4.00. The van der Waals surface area contributed by atoms with Crippen LogP contribution in [0.2, 0.25) is 0 Å². The van der Waals surface area contributed by atoms with Gasteiger partial charge in [0, 0.05) is 30.2 Å². The van der Waals surface area contributed by atoms with Crippen molar-refractivity contribution in [2.24, 2.45) is 0 Å². The van der Waals surface area contributed by atoms with E-state index in [0.717, 1.165) is 19.1 Å². The molecule has 0 saturated heterocycles. The second-order valence-electron chi connectivity index (χ2n) is 5.75. The molecule has 1 heterocycles. The summed E-state index contributed by atoms with van der Waals surface area (Å²) in [6, 6.07) is 9.69. The lowest BCUT2D eigenvalue weighted by Gasteiger charge is -2.14. The van der Waals surface area contributed by atoms with Gasteiger partial charge in [-0.1, -0.05) is 31.0 Å². The third kappa shape index (κ3) is 2.42. The van der Waals surface area contributed by atoms with Crippen molar-refractivity contribution in [3.05, 3.63) is 35.5 Å². The zero-order valence-corrected chi connectivity index (χ0v) is 12.1. The van der Waals surface area contributed by atoms with E-state index in [0.29, 0.717) is 0 Å². The molecule has 1 saturated carbocycles. The molecule has 1 N–H and O–H groups in total. The lowest BCUT2D eigenvalue weighted by Crippen LogP contribution is -2.26. The van der Waals surface area contributed by atoms with E-state index in [2.05, 4.69) is 48.0 Å². The molecule has 0 amide bonds. The molecule has 19 heavy (non-hydrogen) atoms. The lowest BCUT2D eigenvalue weighted by atomic mass is 10.2. The Kier molecular flexibility index (Phi) is 3.61. The minimum Gasteiger partial charge on any atom is -0.343 e. The van der Waals surface area contributed by atoms with E-state index in [1.807, 2.05) is 0 Å². The van der Waals surface area contributed by atoms with Crippen molar-refractivity contribution in [3.8, 4) is 0 Å². The molecule has 2 heteroatoms. The zero-order chi connectivity index (χ0) is 13.2. The molecule has 2 nitrogen and oxygen atoms in total. The van der Waals surface area contributed by atoms with Crippen molar-refractivity contribution in [2.45, 2.75) is 58.7 Å². The molecule has 1 aliphatic rings. The Morgan fingerprint density at radius 3 is 2.79 bits per heavy atom. The van der Waals surface area contributed by atoms with E-state index in [-0.39, 0.29) is 0 Å². The SMILES string of the molecule is CCn1c(CNC2CCCC2)cc2cccc(C)c21. The summed E-state index contributed by atoms with van der Waals surface area (Å²) >= 11 is 0. The Morgan fingerprint density at radius 1 is 1.26 bits per heavy atom. The number of nitrogens with zero attached hydrogens (tertiary/aromatic N) is 1. The number of para-hydroxylation sites is 1. The molecule has 1 aromatic carbocycles. The first-order chi connectivity index (χ1) is 9.29. The second-order valence-corrected chi connectivity index (χ2v) is 5.75. The Labute approximate surface area is 115 Å². The molecule has 1 fully saturated rings. The van der Waals surface area contributed by atoms with E-state index in [1.54, 1.807) is 0 Å². The topological polar surface area (TPSA) is 17.0 Å². The molecule has 1 aromatic heterocycles. The highest BCUT2D eigenvalue weighted by molar-refractivity contribution is 5.84. The van der Waals surface area contributed by atoms with Crippen molar-refractivity contribution < 1.29 is 0 Å². The number of hydrogen-bond donors (Lipinski definition) is 1. The number of aromatic nitrogens is 1. The molecule has 3 rings (SSSR count). The Balaban J connectivity index is 1.87. The van der Waals surface area contributed by atoms with Crippen LogP contribution in [0.15, 0.2) is 24.3 Å². The molecule has 0 aliphatic heterocycles. The van der Waals surface area contributed by atoms with Crippen LogP contribution in [0.3, 0.4) is 0 Å². The number of aryl methyl sites for hydroxylation is 2. The average molecular weight is 256 g/mol. The molecule has 0 unspecified atom stereocenters. The normalized spacial score (nSPS) is 16.5. The first-order valence-electron chi connectivity index (χ1n) is 7.60. The zero-order valence-electron chi connectivity index (χ0n) is 12.1. The summed E-state index contributed by atoms with van der Waals surface area (Å²) in [4.78, 5) is 0. The summed E-state index contributed by atoms with van der Waals surface area (Å²) in [7, 11) is 0. The van der Waals surface area contributed by atoms with E-state index < -0.39 is 0 Å². The van der Waals surface area contributed by atoms with E-state index in [1.165, 1.54) is 47.8 Å². The predicted molar refractivity (Wildman–Crippen MR) is 81.4 cm³/mol. The Bertz CT molecular complexity index is 562. The van der Waals surface area contributed by atoms with Gasteiger partial charge in [-0.25, -0.2) is 0 Å². The highest BCUT2D eigenvalue weighted by atomic mass is 15.0. The molecule has 0 radical (unpaired) electrons. The average Bonchev–Trinajstić information content (AvgIpc) is 3.03. The summed E-state index contributed by atoms with van der Waals surface area (Å²) in [5, 5.41) is 5.11. The van der Waals surface area contributed by atoms with Gasteiger partial charge in [0.25, 0.3) is 0 Å². The Hall–Kier alpha value is -1.28. The van der Waals surface area contributed by atoms with Gasteiger partial charge in [0.1, 0.15) is 0 Å². The van der Waals surface area contributed by atoms with Crippen LogP contribution >= 0.6 is 0 Å². The number of fused-ring (bicyclic) bond motifs is 1. The largest absolute Gasteiger partial charge is 0.343 e. The minimum atomic E-state index is 0.740. The van der Waals surface area contributed by atoms with Crippen molar-refractivity contribution in [1.29, 1.82) is 0 Å². The summed E-state index contributed by atoms with van der Waals surface area (Å²) in [6.07, 6.45) is 5.50. The maximum atomic E-state index is 3.73. The van der Waals surface area contributed by atoms with Crippen LogP contribution in [0.5, 0.6) is 0 Å². The van der Waals surface area contributed by atoms with Crippen molar-refractivity contribution in [1.82, 2.24) is 9.88 Å². The summed E-state index contributed by atoms with van der Waals surface area (Å²) < 4.78 is 2.46. The lowest BCUT2D eigenvalue weighted by molar-refractivity contribution is 0.510. The first-order valence-corrected chi connectivity index (χ1v) is 7.60. The molecule has 102 valence electrons. The fourth-order valence-corrected chi connectivity index (χ4v) is 3.45. The molecular formula is C17H24N2. The quantitative estimate of drug-likeness (QED) is 0.875. The summed E-state index contributed by atoms with van der Waals surface area (Å²) in [5.41, 5.74) is 4.22. The van der Waals surface area contributed by atoms with Gasteiger partial charge < -0.3 is 9.88 Å². The number of hydrogen-bond acceptors (Lipinski definition) is 1. The van der Waals surface area contributed by atoms with Crippen molar-refractivity contribution in [3.63, 3.8) is 0 Å². The van der Waals surface area contributed by atoms with Crippen LogP contribution < -0.4 is 5.32 Å². The molecule has 0 bridgehead atoms. The van der Waals surface area contributed by atoms with Crippen LogP contribution in [-0.2, 0) is 13.1 Å². The maximum absolute atomic E-state index is 3.73. The molecule has 2 aromatic rings. The van der Waals surface area contributed by atoms with Crippen molar-refractivity contribution in [2.75, 3.05) is 0 Å². The van der Waals surface area contributed by atoms with Crippen LogP contribution in [0.4, 0.5) is 0 Å². The standard InChI is InChI=1S/C17H24N2/c1-3-19-16(12-18-15-9-4-5-10-15)11-14-8-6-7-13(2)17(14)19/h6-8,11,15,18H,3-5,9-10,12H2,1-2H3. The van der Waals surface area contributed by atoms with Crippen LogP contribution in [0, 0.1) is 6.92 Å². The second kappa shape index (κ2) is 5.38. The van der Waals surface area contributed by atoms with Crippen LogP contribution in [-0.4, -0.2) is 10.6 Å². The fraction of sp³-hybridized carbons (Fsp3) is 0.529. The van der Waals surface area contributed by atoms with Gasteiger partial charge in [-0.2, -0.15) is 0 Å². The van der Waals surface area contributed by atoms with Gasteiger partial charge >= 0.3 is 0 Å². The number of rotatable bonds is 4. The monoisotopic (exact) mass is 256 g/mol. The summed E-state index contributed by atoms with van der Waals surface area (Å²) in [5.74, 6) is 0. The highest BCUT2D eigenvalue weighted by Crippen LogP contribution is 2.24. The molecular weight excluding hydrogens is 232 g/mol. The minimum absolute atomic E-state index is 0.740. The van der Waals surface area contributed by atoms with Gasteiger partial charge in [0.05, 0.1) is 5.52 Å². The van der Waals surface area contributed by atoms with Crippen LogP contribution in [0.1, 0.15) is 43.9 Å². The van der Waals surface area contributed by atoms with E-state index in [9.17, 15) is 0 Å². The number of benzene rings is 1. The summed E-state index contributed by atoms with van der Waals surface area (Å²) in [6.45, 7) is 6.51. The molecule has 0 spiro atoms. The highest BCUT2D eigenvalue weighted by Gasteiger charge is 2.15. The van der Waals surface area contributed by atoms with Crippen molar-refractivity contribution >= 4 is 10.9 Å². The smallest absolute Gasteiger partial charge is 0.0512 e. The third-order valence-electron chi connectivity index (χ3n) is 4.45. The molecule has 0 atom stereocenters. The van der Waals surface area contributed by atoms with Gasteiger partial charge in [-0.3, -0.25) is 0 Å². The van der Waals surface area contributed by atoms with Gasteiger partial charge in [0.2, 0.25) is 0 Å². The van der Waals surface area contributed by atoms with Gasteiger partial charge in [-0.05, 0) is 38.3 Å². The van der Waals surface area contributed by atoms with Gasteiger partial charge in [0.15, 0.2) is 0 Å². The fourth-order valence-electron chi connectivity index (χ4n) is 3.45. The van der Waals surface area contributed by atoms with Crippen LogP contribution in [0.25, 0.3) is 10.9 Å². The maximum Gasteiger partial charge on any atom is 0.0512 e. The van der Waals surface area contributed by atoms with E-state index >= 15 is 0 Å². The van der Waals surface area contributed by atoms with Gasteiger partial charge in [-0.15, -0.1) is 0 Å². The third-order valence-corrected chi connectivity index (χ3v) is 4.45.